The van der Waals surface area contributed by atoms with Gasteiger partial charge < -0.3 is 14.4 Å². The molecule has 0 aliphatic heterocycles. The number of benzene rings is 1. The molecule has 0 fully saturated rings. The summed E-state index contributed by atoms with van der Waals surface area (Å²) in [6.07, 6.45) is 3.34. The number of aryl methyl sites for hydroxylation is 1. The molecule has 1 aromatic carbocycles. The van der Waals surface area contributed by atoms with Gasteiger partial charge in [0.25, 0.3) is 0 Å². The Morgan fingerprint density at radius 3 is 2.94 bits per heavy atom. The van der Waals surface area contributed by atoms with Gasteiger partial charge in [0.05, 0.1) is 0 Å². The summed E-state index contributed by atoms with van der Waals surface area (Å²) in [7, 11) is 1.79. The number of aromatic carboxylic acids is 1. The zero-order valence-electron chi connectivity index (χ0n) is 9.63. The van der Waals surface area contributed by atoms with E-state index in [0.717, 1.165) is 12.1 Å². The predicted molar refractivity (Wildman–Crippen MR) is 60.9 cm³/mol. The van der Waals surface area contributed by atoms with Gasteiger partial charge in [-0.25, -0.2) is 14.2 Å². The van der Waals surface area contributed by atoms with Gasteiger partial charge in [0.2, 0.25) is 0 Å². The van der Waals surface area contributed by atoms with Gasteiger partial charge in [-0.1, -0.05) is 0 Å². The molecule has 0 amide bonds. The number of nitrogens with zero attached hydrogens (tertiary/aromatic N) is 2. The van der Waals surface area contributed by atoms with Gasteiger partial charge in [-0.2, -0.15) is 0 Å². The van der Waals surface area contributed by atoms with Crippen molar-refractivity contribution in [2.75, 3.05) is 0 Å². The van der Waals surface area contributed by atoms with Crippen molar-refractivity contribution in [2.45, 2.75) is 6.61 Å². The number of carbonyl (C=O) groups is 1. The second-order valence-electron chi connectivity index (χ2n) is 3.69. The van der Waals surface area contributed by atoms with E-state index in [9.17, 15) is 9.18 Å². The number of hydrogen-bond donors (Lipinski definition) is 1. The van der Waals surface area contributed by atoms with Crippen molar-refractivity contribution in [3.63, 3.8) is 0 Å². The summed E-state index contributed by atoms with van der Waals surface area (Å²) < 4.78 is 20.1. The van der Waals surface area contributed by atoms with E-state index < -0.39 is 11.8 Å². The lowest BCUT2D eigenvalue weighted by Gasteiger charge is -2.09. The van der Waals surface area contributed by atoms with Crippen LogP contribution in [-0.2, 0) is 13.7 Å². The van der Waals surface area contributed by atoms with Crippen molar-refractivity contribution >= 4 is 5.97 Å². The summed E-state index contributed by atoms with van der Waals surface area (Å²) in [5.41, 5.74) is -0.0781. The van der Waals surface area contributed by atoms with Crippen molar-refractivity contribution in [1.29, 1.82) is 0 Å². The van der Waals surface area contributed by atoms with Gasteiger partial charge in [0.15, 0.2) is 0 Å². The average Bonchev–Trinajstić information content (AvgIpc) is 2.72. The molecule has 0 spiro atoms. The molecule has 1 heterocycles. The Morgan fingerprint density at radius 1 is 1.56 bits per heavy atom. The minimum Gasteiger partial charge on any atom is -0.485 e. The third-order valence-electron chi connectivity index (χ3n) is 2.45. The first-order valence-electron chi connectivity index (χ1n) is 5.20. The maximum atomic E-state index is 13.1. The predicted octanol–water partition coefficient (Wildman–Crippen LogP) is 1.84. The standard InChI is InChI=1S/C12H11FN2O3/c1-15-5-4-14-11(15)7-18-10-6-8(13)2-3-9(10)12(16)17/h2-6H,7H2,1H3,(H,16,17). The number of aromatic nitrogens is 2. The Hall–Kier alpha value is -2.37. The number of carboxylic acids is 1. The molecule has 0 aliphatic rings. The highest BCUT2D eigenvalue weighted by Crippen LogP contribution is 2.21. The Morgan fingerprint density at radius 2 is 2.33 bits per heavy atom. The van der Waals surface area contributed by atoms with Crippen LogP contribution in [0.4, 0.5) is 4.39 Å². The molecule has 0 aliphatic carbocycles. The summed E-state index contributed by atoms with van der Waals surface area (Å²) in [6.45, 7) is 0.0766. The number of halogens is 1. The van der Waals surface area contributed by atoms with E-state index in [-0.39, 0.29) is 17.9 Å². The number of hydrogen-bond acceptors (Lipinski definition) is 3. The maximum Gasteiger partial charge on any atom is 0.339 e. The number of imidazole rings is 1. The van der Waals surface area contributed by atoms with Crippen LogP contribution < -0.4 is 4.74 Å². The molecular weight excluding hydrogens is 239 g/mol. The fraction of sp³-hybridized carbons (Fsp3) is 0.167. The highest BCUT2D eigenvalue weighted by atomic mass is 19.1. The van der Waals surface area contributed by atoms with E-state index in [1.807, 2.05) is 0 Å². The summed E-state index contributed by atoms with van der Waals surface area (Å²) in [5, 5.41) is 8.95. The molecule has 2 aromatic rings. The van der Waals surface area contributed by atoms with Crippen LogP contribution in [0.2, 0.25) is 0 Å². The zero-order chi connectivity index (χ0) is 13.1. The van der Waals surface area contributed by atoms with Crippen molar-refractivity contribution in [3.8, 4) is 5.75 Å². The third kappa shape index (κ3) is 2.48. The molecule has 94 valence electrons. The van der Waals surface area contributed by atoms with Crippen molar-refractivity contribution in [1.82, 2.24) is 9.55 Å². The Kier molecular flexibility index (Phi) is 3.27. The number of rotatable bonds is 4. The van der Waals surface area contributed by atoms with Crippen LogP contribution in [0, 0.1) is 5.82 Å². The van der Waals surface area contributed by atoms with Crippen LogP contribution in [0.5, 0.6) is 5.75 Å². The van der Waals surface area contributed by atoms with Crippen molar-refractivity contribution < 1.29 is 19.0 Å². The summed E-state index contributed by atoms with van der Waals surface area (Å²) >= 11 is 0. The first-order chi connectivity index (χ1) is 8.58. The second-order valence-corrected chi connectivity index (χ2v) is 3.69. The van der Waals surface area contributed by atoms with E-state index in [0.29, 0.717) is 5.82 Å². The summed E-state index contributed by atoms with van der Waals surface area (Å²) in [4.78, 5) is 15.0. The van der Waals surface area contributed by atoms with Gasteiger partial charge in [0.1, 0.15) is 29.6 Å². The van der Waals surface area contributed by atoms with E-state index in [1.54, 1.807) is 24.0 Å². The molecule has 0 saturated carbocycles. The first-order valence-corrected chi connectivity index (χ1v) is 5.20. The fourth-order valence-corrected chi connectivity index (χ4v) is 1.47. The minimum absolute atomic E-state index is 0.00880. The normalized spacial score (nSPS) is 10.3. The zero-order valence-corrected chi connectivity index (χ0v) is 9.63. The number of ether oxygens (including phenoxy) is 1. The van der Waals surface area contributed by atoms with Crippen molar-refractivity contribution in [2.24, 2.45) is 7.05 Å². The molecule has 2 rings (SSSR count). The topological polar surface area (TPSA) is 64.4 Å². The van der Waals surface area contributed by atoms with Crippen LogP contribution >= 0.6 is 0 Å². The van der Waals surface area contributed by atoms with E-state index in [1.165, 1.54) is 6.07 Å². The minimum atomic E-state index is -1.16. The highest BCUT2D eigenvalue weighted by molar-refractivity contribution is 5.90. The molecule has 6 heteroatoms. The Bertz CT molecular complexity index is 580. The Balaban J connectivity index is 2.20. The maximum absolute atomic E-state index is 13.1. The average molecular weight is 250 g/mol. The lowest BCUT2D eigenvalue weighted by atomic mass is 10.2. The molecule has 0 radical (unpaired) electrons. The molecular formula is C12H11FN2O3. The van der Waals surface area contributed by atoms with Gasteiger partial charge >= 0.3 is 5.97 Å². The Labute approximate surface area is 102 Å². The SMILES string of the molecule is Cn1ccnc1COc1cc(F)ccc1C(=O)O. The largest absolute Gasteiger partial charge is 0.485 e. The first kappa shape index (κ1) is 12.1. The van der Waals surface area contributed by atoms with Crippen LogP contribution in [0.1, 0.15) is 16.2 Å². The molecule has 1 N–H and O–H groups in total. The van der Waals surface area contributed by atoms with Gasteiger partial charge in [-0.3, -0.25) is 0 Å². The van der Waals surface area contributed by atoms with Gasteiger partial charge in [0, 0.05) is 25.5 Å². The molecule has 0 saturated heterocycles. The molecule has 1 aromatic heterocycles. The monoisotopic (exact) mass is 250 g/mol. The molecule has 0 bridgehead atoms. The molecule has 0 atom stereocenters. The summed E-state index contributed by atoms with van der Waals surface area (Å²) in [6, 6.07) is 3.30. The van der Waals surface area contributed by atoms with Crippen LogP contribution in [-0.4, -0.2) is 20.6 Å². The molecule has 18 heavy (non-hydrogen) atoms. The quantitative estimate of drug-likeness (QED) is 0.899. The van der Waals surface area contributed by atoms with Crippen molar-refractivity contribution in [3.05, 3.63) is 47.8 Å². The molecule has 5 nitrogen and oxygen atoms in total. The lowest BCUT2D eigenvalue weighted by molar-refractivity contribution is 0.0691. The summed E-state index contributed by atoms with van der Waals surface area (Å²) in [5.74, 6) is -1.10. The fourth-order valence-electron chi connectivity index (χ4n) is 1.47. The second kappa shape index (κ2) is 4.87. The number of carboxylic acid groups (broad SMARTS) is 1. The van der Waals surface area contributed by atoms with Crippen LogP contribution in [0.15, 0.2) is 30.6 Å². The molecule has 0 unspecified atom stereocenters. The third-order valence-corrected chi connectivity index (χ3v) is 2.45. The van der Waals surface area contributed by atoms with E-state index >= 15 is 0 Å². The van der Waals surface area contributed by atoms with E-state index in [4.69, 9.17) is 9.84 Å². The smallest absolute Gasteiger partial charge is 0.339 e. The van der Waals surface area contributed by atoms with Gasteiger partial charge in [-0.05, 0) is 12.1 Å². The van der Waals surface area contributed by atoms with Crippen LogP contribution in [0.3, 0.4) is 0 Å². The highest BCUT2D eigenvalue weighted by Gasteiger charge is 2.13. The van der Waals surface area contributed by atoms with Gasteiger partial charge in [-0.15, -0.1) is 0 Å². The van der Waals surface area contributed by atoms with E-state index in [2.05, 4.69) is 4.98 Å². The van der Waals surface area contributed by atoms with Crippen LogP contribution in [0.25, 0.3) is 0 Å². The lowest BCUT2D eigenvalue weighted by Crippen LogP contribution is -2.07.